The van der Waals surface area contributed by atoms with E-state index in [2.05, 4.69) is 24.2 Å². The van der Waals surface area contributed by atoms with Gasteiger partial charge in [-0.05, 0) is 31.1 Å². The van der Waals surface area contributed by atoms with E-state index in [1.807, 2.05) is 0 Å². The Bertz CT molecular complexity index is 512. The van der Waals surface area contributed by atoms with Gasteiger partial charge in [-0.3, -0.25) is 9.59 Å². The minimum Gasteiger partial charge on any atom is -0.480 e. The van der Waals surface area contributed by atoms with E-state index in [0.29, 0.717) is 11.8 Å². The molecule has 7 nitrogen and oxygen atoms in total. The number of carboxylic acid groups (broad SMARTS) is 1. The van der Waals surface area contributed by atoms with Crippen LogP contribution in [-0.2, 0) is 11.3 Å². The van der Waals surface area contributed by atoms with E-state index in [1.54, 1.807) is 4.90 Å². The lowest BCUT2D eigenvalue weighted by molar-refractivity contribution is -0.137. The standard InChI is InChI=1S/C14H22N4O3/c1-10(2)11-4-3-6-17(7-5-11)14(21)12-8-18(16-15-12)9-13(19)20/h8,10-11H,3-7,9H2,1-2H3,(H,19,20). The summed E-state index contributed by atoms with van der Waals surface area (Å²) in [6.07, 6.45) is 4.55. The maximum absolute atomic E-state index is 12.4. The first-order chi connectivity index (χ1) is 9.97. The van der Waals surface area contributed by atoms with Gasteiger partial charge in [0.05, 0.1) is 6.20 Å². The number of likely N-dealkylation sites (tertiary alicyclic amines) is 1. The topological polar surface area (TPSA) is 88.3 Å². The van der Waals surface area contributed by atoms with E-state index < -0.39 is 5.97 Å². The zero-order chi connectivity index (χ0) is 15.4. The highest BCUT2D eigenvalue weighted by Crippen LogP contribution is 2.25. The summed E-state index contributed by atoms with van der Waals surface area (Å²) in [5, 5.41) is 16.2. The van der Waals surface area contributed by atoms with E-state index in [-0.39, 0.29) is 18.1 Å². The summed E-state index contributed by atoms with van der Waals surface area (Å²) in [7, 11) is 0. The molecule has 7 heteroatoms. The highest BCUT2D eigenvalue weighted by molar-refractivity contribution is 5.92. The molecule has 0 bridgehead atoms. The van der Waals surface area contributed by atoms with E-state index >= 15 is 0 Å². The number of carboxylic acids is 1. The molecule has 0 spiro atoms. The maximum atomic E-state index is 12.4. The van der Waals surface area contributed by atoms with Gasteiger partial charge in [0, 0.05) is 13.1 Å². The highest BCUT2D eigenvalue weighted by atomic mass is 16.4. The van der Waals surface area contributed by atoms with Crippen LogP contribution >= 0.6 is 0 Å². The van der Waals surface area contributed by atoms with Gasteiger partial charge in [-0.2, -0.15) is 0 Å². The Kier molecular flexibility index (Phi) is 4.93. The van der Waals surface area contributed by atoms with E-state index in [1.165, 1.54) is 10.9 Å². The average Bonchev–Trinajstić information content (AvgIpc) is 2.73. The number of rotatable bonds is 4. The largest absolute Gasteiger partial charge is 0.480 e. The van der Waals surface area contributed by atoms with Gasteiger partial charge in [-0.1, -0.05) is 19.1 Å². The Morgan fingerprint density at radius 3 is 2.81 bits per heavy atom. The first kappa shape index (κ1) is 15.5. The van der Waals surface area contributed by atoms with Crippen LogP contribution in [0.3, 0.4) is 0 Å². The van der Waals surface area contributed by atoms with Gasteiger partial charge in [0.15, 0.2) is 5.69 Å². The minimum absolute atomic E-state index is 0.156. The van der Waals surface area contributed by atoms with Crippen LogP contribution in [0.1, 0.15) is 43.6 Å². The molecular weight excluding hydrogens is 272 g/mol. The van der Waals surface area contributed by atoms with Crippen molar-refractivity contribution < 1.29 is 14.7 Å². The fourth-order valence-corrected chi connectivity index (χ4v) is 2.77. The molecule has 1 amide bonds. The smallest absolute Gasteiger partial charge is 0.325 e. The summed E-state index contributed by atoms with van der Waals surface area (Å²) >= 11 is 0. The lowest BCUT2D eigenvalue weighted by Crippen LogP contribution is -2.32. The lowest BCUT2D eigenvalue weighted by atomic mass is 9.89. The summed E-state index contributed by atoms with van der Waals surface area (Å²) in [6.45, 7) is 5.62. The molecule has 1 atom stereocenters. The van der Waals surface area contributed by atoms with Crippen molar-refractivity contribution in [1.82, 2.24) is 19.9 Å². The molecule has 21 heavy (non-hydrogen) atoms. The van der Waals surface area contributed by atoms with Gasteiger partial charge in [0.25, 0.3) is 5.91 Å². The predicted octanol–water partition coefficient (Wildman–Crippen LogP) is 1.26. The number of carbonyl (C=O) groups excluding carboxylic acids is 1. The number of carbonyl (C=O) groups is 2. The predicted molar refractivity (Wildman–Crippen MR) is 75.7 cm³/mol. The fraction of sp³-hybridized carbons (Fsp3) is 0.714. The minimum atomic E-state index is -1.01. The van der Waals surface area contributed by atoms with Crippen molar-refractivity contribution in [1.29, 1.82) is 0 Å². The van der Waals surface area contributed by atoms with Crippen molar-refractivity contribution in [2.45, 2.75) is 39.7 Å². The van der Waals surface area contributed by atoms with Crippen LogP contribution in [0.25, 0.3) is 0 Å². The third-order valence-electron chi connectivity index (χ3n) is 4.06. The first-order valence-corrected chi connectivity index (χ1v) is 7.38. The van der Waals surface area contributed by atoms with Crippen LogP contribution < -0.4 is 0 Å². The third-order valence-corrected chi connectivity index (χ3v) is 4.06. The number of aliphatic carboxylic acids is 1. The monoisotopic (exact) mass is 294 g/mol. The van der Waals surface area contributed by atoms with Crippen LogP contribution in [0.15, 0.2) is 6.20 Å². The summed E-state index contributed by atoms with van der Waals surface area (Å²) in [4.78, 5) is 24.8. The molecule has 116 valence electrons. The molecule has 2 heterocycles. The third kappa shape index (κ3) is 4.03. The SMILES string of the molecule is CC(C)C1CCCN(C(=O)c2cn(CC(=O)O)nn2)CC1. The zero-order valence-corrected chi connectivity index (χ0v) is 12.5. The Labute approximate surface area is 123 Å². The molecule has 1 saturated heterocycles. The molecule has 0 aliphatic carbocycles. The molecule has 2 rings (SSSR count). The van der Waals surface area contributed by atoms with Crippen molar-refractivity contribution in [3.8, 4) is 0 Å². The van der Waals surface area contributed by atoms with Crippen LogP contribution in [0.5, 0.6) is 0 Å². The second-order valence-corrected chi connectivity index (χ2v) is 5.92. The average molecular weight is 294 g/mol. The molecule has 1 aromatic rings. The van der Waals surface area contributed by atoms with Gasteiger partial charge in [0.2, 0.25) is 0 Å². The van der Waals surface area contributed by atoms with Crippen LogP contribution in [-0.4, -0.2) is 50.0 Å². The molecule has 0 radical (unpaired) electrons. The van der Waals surface area contributed by atoms with Crippen molar-refractivity contribution in [2.24, 2.45) is 11.8 Å². The Hall–Kier alpha value is -1.92. The summed E-state index contributed by atoms with van der Waals surface area (Å²) in [5.74, 6) is 0.131. The molecule has 1 N–H and O–H groups in total. The summed E-state index contributed by atoms with van der Waals surface area (Å²) < 4.78 is 1.17. The first-order valence-electron chi connectivity index (χ1n) is 7.38. The van der Waals surface area contributed by atoms with E-state index in [0.717, 1.165) is 32.4 Å². The van der Waals surface area contributed by atoms with Crippen LogP contribution in [0.4, 0.5) is 0 Å². The van der Waals surface area contributed by atoms with Crippen molar-refractivity contribution in [2.75, 3.05) is 13.1 Å². The molecule has 1 aromatic heterocycles. The normalized spacial score (nSPS) is 19.6. The van der Waals surface area contributed by atoms with Crippen molar-refractivity contribution in [3.05, 3.63) is 11.9 Å². The molecule has 1 aliphatic rings. The summed E-state index contributed by atoms with van der Waals surface area (Å²) in [5.41, 5.74) is 0.222. The van der Waals surface area contributed by atoms with E-state index in [4.69, 9.17) is 5.11 Å². The van der Waals surface area contributed by atoms with Crippen LogP contribution in [0.2, 0.25) is 0 Å². The molecule has 1 unspecified atom stereocenters. The van der Waals surface area contributed by atoms with Gasteiger partial charge in [-0.25, -0.2) is 4.68 Å². The Morgan fingerprint density at radius 1 is 1.38 bits per heavy atom. The molecule has 0 aromatic carbocycles. The molecule has 0 saturated carbocycles. The number of hydrogen-bond donors (Lipinski definition) is 1. The second kappa shape index (κ2) is 6.69. The van der Waals surface area contributed by atoms with Crippen molar-refractivity contribution >= 4 is 11.9 Å². The number of amides is 1. The number of hydrogen-bond acceptors (Lipinski definition) is 4. The van der Waals surface area contributed by atoms with Gasteiger partial charge >= 0.3 is 5.97 Å². The maximum Gasteiger partial charge on any atom is 0.325 e. The quantitative estimate of drug-likeness (QED) is 0.903. The van der Waals surface area contributed by atoms with Gasteiger partial charge in [0.1, 0.15) is 6.54 Å². The van der Waals surface area contributed by atoms with Gasteiger partial charge in [-0.15, -0.1) is 5.10 Å². The molecule has 1 fully saturated rings. The van der Waals surface area contributed by atoms with Crippen LogP contribution in [0, 0.1) is 11.8 Å². The summed E-state index contributed by atoms with van der Waals surface area (Å²) in [6, 6.07) is 0. The Morgan fingerprint density at radius 2 is 2.14 bits per heavy atom. The van der Waals surface area contributed by atoms with E-state index in [9.17, 15) is 9.59 Å². The fourth-order valence-electron chi connectivity index (χ4n) is 2.77. The molecule has 1 aliphatic heterocycles. The molecular formula is C14H22N4O3. The second-order valence-electron chi connectivity index (χ2n) is 5.92. The van der Waals surface area contributed by atoms with Crippen molar-refractivity contribution in [3.63, 3.8) is 0 Å². The highest BCUT2D eigenvalue weighted by Gasteiger charge is 2.24. The van der Waals surface area contributed by atoms with Gasteiger partial charge < -0.3 is 10.0 Å². The number of nitrogens with zero attached hydrogens (tertiary/aromatic N) is 4. The number of aromatic nitrogens is 3. The Balaban J connectivity index is 1.99. The lowest BCUT2D eigenvalue weighted by Gasteiger charge is -2.20. The zero-order valence-electron chi connectivity index (χ0n) is 12.5.